The maximum absolute atomic E-state index is 5.68. The number of nitrogens with one attached hydrogen (secondary N) is 2. The number of hydrogen-bond acceptors (Lipinski definition) is 4. The molecule has 6 nitrogen and oxygen atoms in total. The highest BCUT2D eigenvalue weighted by Crippen LogP contribution is 2.28. The molecule has 0 atom stereocenters. The van der Waals surface area contributed by atoms with Gasteiger partial charge >= 0.3 is 0 Å². The molecular weight excluding hydrogens is 328 g/mol. The maximum atomic E-state index is 5.68. The summed E-state index contributed by atoms with van der Waals surface area (Å²) < 4.78 is 10.7. The van der Waals surface area contributed by atoms with Gasteiger partial charge in [0.05, 0.1) is 13.2 Å². The van der Waals surface area contributed by atoms with Crippen LogP contribution in [0.25, 0.3) is 0 Å². The molecule has 1 aromatic heterocycles. The first-order valence-electron chi connectivity index (χ1n) is 9.91. The molecule has 6 heteroatoms. The molecular formula is C20H34N4O2. The number of methoxy groups -OCH3 is 1. The molecule has 0 amide bonds. The molecule has 1 aromatic rings. The van der Waals surface area contributed by atoms with Crippen molar-refractivity contribution in [1.82, 2.24) is 15.6 Å². The Morgan fingerprint density at radius 2 is 2.12 bits per heavy atom. The molecule has 1 heterocycles. The van der Waals surface area contributed by atoms with Gasteiger partial charge in [0, 0.05) is 32.0 Å². The Balaban J connectivity index is 1.81. The number of guanidine groups is 1. The third-order valence-electron chi connectivity index (χ3n) is 4.68. The zero-order chi connectivity index (χ0) is 18.5. The molecule has 2 N–H and O–H groups in total. The van der Waals surface area contributed by atoms with Gasteiger partial charge in [0.15, 0.2) is 5.96 Å². The van der Waals surface area contributed by atoms with Gasteiger partial charge in [0.2, 0.25) is 5.88 Å². The molecule has 0 spiro atoms. The molecule has 1 saturated carbocycles. The van der Waals surface area contributed by atoms with Crippen LogP contribution in [-0.4, -0.2) is 44.4 Å². The molecule has 0 bridgehead atoms. The molecule has 1 aliphatic rings. The number of nitrogens with zero attached hydrogens (tertiary/aromatic N) is 2. The van der Waals surface area contributed by atoms with Crippen molar-refractivity contribution in [3.8, 4) is 5.88 Å². The first-order valence-corrected chi connectivity index (χ1v) is 9.91. The van der Waals surface area contributed by atoms with Crippen LogP contribution in [0.1, 0.15) is 51.0 Å². The molecule has 0 saturated heterocycles. The molecule has 0 aromatic carbocycles. The van der Waals surface area contributed by atoms with Crippen LogP contribution in [0.4, 0.5) is 0 Å². The van der Waals surface area contributed by atoms with Gasteiger partial charge in [-0.2, -0.15) is 0 Å². The van der Waals surface area contributed by atoms with E-state index < -0.39 is 0 Å². The number of hydrogen-bond donors (Lipinski definition) is 2. The summed E-state index contributed by atoms with van der Waals surface area (Å²) >= 11 is 0. The van der Waals surface area contributed by atoms with Crippen LogP contribution in [0.3, 0.4) is 0 Å². The molecule has 1 fully saturated rings. The van der Waals surface area contributed by atoms with Gasteiger partial charge in [0.25, 0.3) is 0 Å². The second kappa shape index (κ2) is 12.5. The van der Waals surface area contributed by atoms with Crippen molar-refractivity contribution in [2.45, 2.75) is 52.0 Å². The highest BCUT2D eigenvalue weighted by atomic mass is 16.5. The Morgan fingerprint density at radius 3 is 2.88 bits per heavy atom. The van der Waals surface area contributed by atoms with Crippen LogP contribution in [0.5, 0.6) is 5.88 Å². The molecule has 0 aliphatic heterocycles. The summed E-state index contributed by atoms with van der Waals surface area (Å²) in [7, 11) is 1.66. The SMILES string of the molecule is CCNC(=NCc1cccnc1OCCOC)NCCCC1CCCC1. The van der Waals surface area contributed by atoms with Crippen molar-refractivity contribution < 1.29 is 9.47 Å². The van der Waals surface area contributed by atoms with Crippen molar-refractivity contribution in [1.29, 1.82) is 0 Å². The number of aliphatic imine (C=N–C) groups is 1. The summed E-state index contributed by atoms with van der Waals surface area (Å²) in [6.07, 6.45) is 9.94. The van der Waals surface area contributed by atoms with E-state index in [1.54, 1.807) is 13.3 Å². The summed E-state index contributed by atoms with van der Waals surface area (Å²) in [4.78, 5) is 8.99. The van der Waals surface area contributed by atoms with Crippen molar-refractivity contribution >= 4 is 5.96 Å². The minimum atomic E-state index is 0.490. The normalized spacial score (nSPS) is 15.2. The summed E-state index contributed by atoms with van der Waals surface area (Å²) in [6, 6.07) is 3.91. The summed E-state index contributed by atoms with van der Waals surface area (Å²) in [6.45, 7) is 5.46. The lowest BCUT2D eigenvalue weighted by atomic mass is 10.0. The van der Waals surface area contributed by atoms with E-state index in [9.17, 15) is 0 Å². The van der Waals surface area contributed by atoms with Crippen molar-refractivity contribution in [2.24, 2.45) is 10.9 Å². The molecule has 2 rings (SSSR count). The quantitative estimate of drug-likeness (QED) is 0.360. The van der Waals surface area contributed by atoms with E-state index in [1.165, 1.54) is 38.5 Å². The second-order valence-corrected chi connectivity index (χ2v) is 6.72. The van der Waals surface area contributed by atoms with E-state index in [2.05, 4.69) is 27.5 Å². The Morgan fingerprint density at radius 1 is 1.27 bits per heavy atom. The Hall–Kier alpha value is -1.82. The minimum Gasteiger partial charge on any atom is -0.475 e. The van der Waals surface area contributed by atoms with Crippen LogP contribution < -0.4 is 15.4 Å². The smallest absolute Gasteiger partial charge is 0.218 e. The van der Waals surface area contributed by atoms with Gasteiger partial charge < -0.3 is 20.1 Å². The first kappa shape index (κ1) is 20.5. The number of aromatic nitrogens is 1. The minimum absolute atomic E-state index is 0.490. The van der Waals surface area contributed by atoms with Crippen LogP contribution in [0.2, 0.25) is 0 Å². The average Bonchev–Trinajstić information content (AvgIpc) is 3.18. The average molecular weight is 363 g/mol. The Labute approximate surface area is 157 Å². The zero-order valence-corrected chi connectivity index (χ0v) is 16.3. The lowest BCUT2D eigenvalue weighted by Gasteiger charge is -2.13. The molecule has 0 radical (unpaired) electrons. The predicted molar refractivity (Wildman–Crippen MR) is 106 cm³/mol. The largest absolute Gasteiger partial charge is 0.475 e. The number of ether oxygens (including phenoxy) is 2. The van der Waals surface area contributed by atoms with E-state index in [-0.39, 0.29) is 0 Å². The summed E-state index contributed by atoms with van der Waals surface area (Å²) in [5.41, 5.74) is 0.978. The van der Waals surface area contributed by atoms with Crippen LogP contribution in [0.15, 0.2) is 23.3 Å². The van der Waals surface area contributed by atoms with Crippen molar-refractivity contribution in [3.63, 3.8) is 0 Å². The van der Waals surface area contributed by atoms with Crippen LogP contribution >= 0.6 is 0 Å². The third-order valence-corrected chi connectivity index (χ3v) is 4.68. The highest BCUT2D eigenvalue weighted by molar-refractivity contribution is 5.79. The molecule has 1 aliphatic carbocycles. The molecule has 0 unspecified atom stereocenters. The maximum Gasteiger partial charge on any atom is 0.218 e. The zero-order valence-electron chi connectivity index (χ0n) is 16.3. The van der Waals surface area contributed by atoms with Crippen molar-refractivity contribution in [3.05, 3.63) is 23.9 Å². The topological polar surface area (TPSA) is 67.8 Å². The molecule has 26 heavy (non-hydrogen) atoms. The number of rotatable bonds is 11. The van der Waals surface area contributed by atoms with E-state index >= 15 is 0 Å². The standard InChI is InChI=1S/C20H34N4O2/c1-3-21-20(23-13-6-10-17-8-4-5-9-17)24-16-18-11-7-12-22-19(18)26-15-14-25-2/h7,11-12,17H,3-6,8-10,13-16H2,1-2H3,(H2,21,23,24). The van der Waals surface area contributed by atoms with E-state index in [0.717, 1.165) is 30.5 Å². The Bertz CT molecular complexity index is 530. The lowest BCUT2D eigenvalue weighted by molar-refractivity contribution is 0.143. The van der Waals surface area contributed by atoms with E-state index in [1.807, 2.05) is 12.1 Å². The Kier molecular flexibility index (Phi) is 9.87. The van der Waals surface area contributed by atoms with E-state index in [4.69, 9.17) is 9.47 Å². The van der Waals surface area contributed by atoms with Crippen LogP contribution in [0, 0.1) is 5.92 Å². The summed E-state index contributed by atoms with van der Waals surface area (Å²) in [5.74, 6) is 2.43. The predicted octanol–water partition coefficient (Wildman–Crippen LogP) is 3.13. The highest BCUT2D eigenvalue weighted by Gasteiger charge is 2.14. The first-order chi connectivity index (χ1) is 12.8. The monoisotopic (exact) mass is 362 g/mol. The molecule has 146 valence electrons. The van der Waals surface area contributed by atoms with Gasteiger partial charge in [-0.25, -0.2) is 9.98 Å². The van der Waals surface area contributed by atoms with Gasteiger partial charge in [-0.1, -0.05) is 31.7 Å². The van der Waals surface area contributed by atoms with Gasteiger partial charge in [-0.3, -0.25) is 0 Å². The third kappa shape index (κ3) is 7.60. The fourth-order valence-corrected chi connectivity index (χ4v) is 3.30. The lowest BCUT2D eigenvalue weighted by Crippen LogP contribution is -2.37. The van der Waals surface area contributed by atoms with Gasteiger partial charge in [-0.15, -0.1) is 0 Å². The van der Waals surface area contributed by atoms with Crippen LogP contribution in [-0.2, 0) is 11.3 Å². The fourth-order valence-electron chi connectivity index (χ4n) is 3.30. The van der Waals surface area contributed by atoms with Gasteiger partial charge in [0.1, 0.15) is 6.61 Å². The summed E-state index contributed by atoms with van der Waals surface area (Å²) in [5, 5.41) is 6.76. The van der Waals surface area contributed by atoms with Gasteiger partial charge in [-0.05, 0) is 31.7 Å². The number of pyridine rings is 1. The van der Waals surface area contributed by atoms with Crippen molar-refractivity contribution in [2.75, 3.05) is 33.4 Å². The van der Waals surface area contributed by atoms with E-state index in [0.29, 0.717) is 25.6 Å². The second-order valence-electron chi connectivity index (χ2n) is 6.72. The fraction of sp³-hybridized carbons (Fsp3) is 0.700.